The lowest BCUT2D eigenvalue weighted by Crippen LogP contribution is -2.18. The Balaban J connectivity index is 1.93. The van der Waals surface area contributed by atoms with Crippen LogP contribution in [0.15, 0.2) is 56.9 Å². The van der Waals surface area contributed by atoms with Crippen LogP contribution in [0.4, 0.5) is 4.79 Å². The lowest BCUT2D eigenvalue weighted by molar-refractivity contribution is 0.104. The molecule has 1 aromatic heterocycles. The second-order valence-electron chi connectivity index (χ2n) is 14.8. The maximum absolute atomic E-state index is 13.0. The molecule has 50 heavy (non-hydrogen) atoms. The molecular formula is C41H49O8P. The standard InChI is InChI=1S/C41H49O8P/c1-14-45-39(42)46-37-31(19-27(43-12)21-33(37)40(6,7)8)32-20-28(44-13)22-34(41(9,10)11)38(32)49-50-47-35-25(4)15-23(2)17-29(35)30-18-24(3)16-26(5)36(30)48-50/h15-22H,14H2,1-13H3. The number of hydrogen-bond acceptors (Lipinski definition) is 8. The van der Waals surface area contributed by atoms with Gasteiger partial charge in [0.2, 0.25) is 0 Å². The minimum atomic E-state index is -2.06. The summed E-state index contributed by atoms with van der Waals surface area (Å²) in [7, 11) is 1.17. The zero-order valence-corrected chi connectivity index (χ0v) is 32.4. The van der Waals surface area contributed by atoms with Gasteiger partial charge in [-0.2, -0.15) is 0 Å². The summed E-state index contributed by atoms with van der Waals surface area (Å²) in [5.74, 6) is 2.02. The van der Waals surface area contributed by atoms with Crippen molar-refractivity contribution in [3.8, 4) is 34.1 Å². The molecule has 1 heterocycles. The van der Waals surface area contributed by atoms with Gasteiger partial charge in [0, 0.05) is 33.0 Å². The number of benzene rings is 4. The molecule has 0 bridgehead atoms. The molecule has 5 aromatic rings. The highest BCUT2D eigenvalue weighted by Gasteiger charge is 2.31. The minimum Gasteiger partial charge on any atom is -0.497 e. The summed E-state index contributed by atoms with van der Waals surface area (Å²) in [5.41, 5.74) is 7.50. The zero-order chi connectivity index (χ0) is 36.7. The number of carbonyl (C=O) groups excluding carboxylic acids is 1. The number of ether oxygens (including phenoxy) is 4. The van der Waals surface area contributed by atoms with E-state index in [1.54, 1.807) is 21.1 Å². The highest BCUT2D eigenvalue weighted by atomic mass is 31.1. The third kappa shape index (κ3) is 7.46. The molecule has 0 unspecified atom stereocenters. The summed E-state index contributed by atoms with van der Waals surface area (Å²) in [6.45, 7) is 22.6. The van der Waals surface area contributed by atoms with Crippen molar-refractivity contribution in [1.29, 1.82) is 0 Å². The van der Waals surface area contributed by atoms with E-state index in [4.69, 9.17) is 31.9 Å². The maximum Gasteiger partial charge on any atom is 0.513 e. The van der Waals surface area contributed by atoms with Crippen LogP contribution in [0.25, 0.3) is 33.1 Å². The molecule has 0 saturated heterocycles. The highest BCUT2D eigenvalue weighted by Crippen LogP contribution is 2.52. The third-order valence-electron chi connectivity index (χ3n) is 8.58. The van der Waals surface area contributed by atoms with Crippen LogP contribution in [-0.4, -0.2) is 27.0 Å². The van der Waals surface area contributed by atoms with E-state index < -0.39 is 25.2 Å². The Morgan fingerprint density at radius 1 is 0.660 bits per heavy atom. The summed E-state index contributed by atoms with van der Waals surface area (Å²) >= 11 is 0. The van der Waals surface area contributed by atoms with Crippen molar-refractivity contribution in [2.75, 3.05) is 20.8 Å². The molecule has 0 aliphatic heterocycles. The van der Waals surface area contributed by atoms with Gasteiger partial charge in [-0.05, 0) is 104 Å². The Morgan fingerprint density at radius 3 is 1.52 bits per heavy atom. The van der Waals surface area contributed by atoms with E-state index in [1.807, 2.05) is 58.9 Å². The van der Waals surface area contributed by atoms with Crippen LogP contribution >= 0.6 is 8.24 Å². The summed E-state index contributed by atoms with van der Waals surface area (Å²) in [4.78, 5) is 13.0. The number of carbonyl (C=O) groups is 1. The van der Waals surface area contributed by atoms with Gasteiger partial charge in [-0.25, -0.2) is 4.79 Å². The number of methoxy groups -OCH3 is 2. The summed E-state index contributed by atoms with van der Waals surface area (Å²) in [5, 5.41) is 1.91. The van der Waals surface area contributed by atoms with Crippen molar-refractivity contribution >= 4 is 36.3 Å². The molecule has 266 valence electrons. The Hall–Kier alpha value is -4.55. The molecule has 8 nitrogen and oxygen atoms in total. The first-order valence-corrected chi connectivity index (χ1v) is 17.9. The van der Waals surface area contributed by atoms with Crippen LogP contribution < -0.4 is 18.7 Å². The molecule has 5 rings (SSSR count). The van der Waals surface area contributed by atoms with Gasteiger partial charge in [0.05, 0.1) is 20.8 Å². The average molecular weight is 701 g/mol. The molecule has 4 aromatic carbocycles. The Morgan fingerprint density at radius 2 is 1.10 bits per heavy atom. The van der Waals surface area contributed by atoms with Crippen molar-refractivity contribution in [2.45, 2.75) is 87.0 Å². The first-order chi connectivity index (χ1) is 23.4. The molecule has 0 atom stereocenters. The first kappa shape index (κ1) is 36.7. The van der Waals surface area contributed by atoms with Gasteiger partial charge in [-0.15, -0.1) is 0 Å². The number of hydrogen-bond donors (Lipinski definition) is 0. The quantitative estimate of drug-likeness (QED) is 0.122. The van der Waals surface area contributed by atoms with Gasteiger partial charge in [-0.1, -0.05) is 53.7 Å². The van der Waals surface area contributed by atoms with Gasteiger partial charge in [0.1, 0.15) is 34.2 Å². The van der Waals surface area contributed by atoms with Crippen LogP contribution in [-0.2, 0) is 15.6 Å². The summed E-state index contributed by atoms with van der Waals surface area (Å²) in [6.07, 6.45) is -0.810. The third-order valence-corrected chi connectivity index (χ3v) is 9.57. The smallest absolute Gasteiger partial charge is 0.497 e. The number of aryl methyl sites for hydroxylation is 4. The molecule has 0 amide bonds. The zero-order valence-electron chi connectivity index (χ0n) is 31.5. The monoisotopic (exact) mass is 700 g/mol. The van der Waals surface area contributed by atoms with E-state index >= 15 is 0 Å². The lowest BCUT2D eigenvalue weighted by Gasteiger charge is -2.28. The SMILES string of the molecule is CCOC(=O)Oc1c(-c2cc(OC)cc(C(C)(C)C)c2Op2oc3c(C)cc(C)cc3c3cc(C)cc(C)c3o2)cc(OC)cc1C(C)(C)C. The van der Waals surface area contributed by atoms with E-state index in [-0.39, 0.29) is 6.61 Å². The number of rotatable bonds is 7. The van der Waals surface area contributed by atoms with Gasteiger partial charge in [0.15, 0.2) is 0 Å². The Kier molecular flexibility index (Phi) is 10.3. The fraction of sp³-hybridized carbons (Fsp3) is 0.390. The molecule has 0 fully saturated rings. The summed E-state index contributed by atoms with van der Waals surface area (Å²) < 4.78 is 43.5. The molecule has 0 N–H and O–H groups in total. The van der Waals surface area contributed by atoms with E-state index in [9.17, 15) is 4.79 Å². The molecule has 0 aliphatic carbocycles. The molecule has 0 radical (unpaired) electrons. The van der Waals surface area contributed by atoms with E-state index in [1.165, 1.54) is 0 Å². The first-order valence-electron chi connectivity index (χ1n) is 16.8. The average Bonchev–Trinajstić information content (AvgIpc) is 3.17. The maximum atomic E-state index is 13.0. The fourth-order valence-corrected chi connectivity index (χ4v) is 7.46. The molecule has 0 saturated carbocycles. The van der Waals surface area contributed by atoms with Gasteiger partial charge < -0.3 is 31.9 Å². The van der Waals surface area contributed by atoms with Crippen molar-refractivity contribution < 1.29 is 36.7 Å². The van der Waals surface area contributed by atoms with Crippen LogP contribution in [0.3, 0.4) is 0 Å². The van der Waals surface area contributed by atoms with Crippen molar-refractivity contribution in [3.63, 3.8) is 0 Å². The van der Waals surface area contributed by atoms with Crippen molar-refractivity contribution in [3.05, 3.63) is 81.9 Å². The van der Waals surface area contributed by atoms with Gasteiger partial charge >= 0.3 is 14.4 Å². The molecule has 9 heteroatoms. The van der Waals surface area contributed by atoms with Gasteiger partial charge in [-0.3, -0.25) is 0 Å². The fourth-order valence-electron chi connectivity index (χ4n) is 6.22. The van der Waals surface area contributed by atoms with E-state index in [0.717, 1.165) is 44.2 Å². The number of fused-ring (bicyclic) bond motifs is 3. The molecular weight excluding hydrogens is 651 g/mol. The second-order valence-corrected chi connectivity index (χ2v) is 15.8. The van der Waals surface area contributed by atoms with Gasteiger partial charge in [0.25, 0.3) is 0 Å². The Bertz CT molecular complexity index is 2060. The highest BCUT2D eigenvalue weighted by molar-refractivity contribution is 7.32. The predicted molar refractivity (Wildman–Crippen MR) is 201 cm³/mol. The largest absolute Gasteiger partial charge is 0.513 e. The van der Waals surface area contributed by atoms with Crippen LogP contribution in [0, 0.1) is 27.7 Å². The molecule has 0 spiro atoms. The van der Waals surface area contributed by atoms with Crippen molar-refractivity contribution in [1.82, 2.24) is 0 Å². The normalized spacial score (nSPS) is 11.9. The van der Waals surface area contributed by atoms with E-state index in [0.29, 0.717) is 45.3 Å². The molecule has 0 aliphatic rings. The van der Waals surface area contributed by atoms with Crippen molar-refractivity contribution in [2.24, 2.45) is 0 Å². The van der Waals surface area contributed by atoms with Crippen LogP contribution in [0.1, 0.15) is 81.8 Å². The van der Waals surface area contributed by atoms with Crippen LogP contribution in [0.5, 0.6) is 23.0 Å². The van der Waals surface area contributed by atoms with Crippen LogP contribution in [0.2, 0.25) is 0 Å². The Labute approximate surface area is 296 Å². The topological polar surface area (TPSA) is 89.5 Å². The second kappa shape index (κ2) is 14.0. The van der Waals surface area contributed by atoms with E-state index in [2.05, 4.69) is 58.9 Å². The summed E-state index contributed by atoms with van der Waals surface area (Å²) in [6, 6.07) is 16.0. The minimum absolute atomic E-state index is 0.163. The lowest BCUT2D eigenvalue weighted by atomic mass is 9.81. The predicted octanol–water partition coefficient (Wildman–Crippen LogP) is 12.2.